The van der Waals surface area contributed by atoms with E-state index in [0.29, 0.717) is 6.07 Å². The molecular weight excluding hydrogens is 256 g/mol. The summed E-state index contributed by atoms with van der Waals surface area (Å²) in [5, 5.41) is 0. The van der Waals surface area contributed by atoms with E-state index in [1.807, 2.05) is 0 Å². The number of rotatable bonds is 1. The number of hydrogen-bond donors (Lipinski definition) is 0. The molecule has 2 nitrogen and oxygen atoms in total. The molecule has 0 aliphatic heterocycles. The Balaban J connectivity index is 3.22. The summed E-state index contributed by atoms with van der Waals surface area (Å²) in [6.45, 7) is 0. The molecule has 0 heterocycles. The molecule has 0 atom stereocenters. The Labute approximate surface area is 88.6 Å². The Morgan fingerprint density at radius 1 is 1.29 bits per heavy atom. The summed E-state index contributed by atoms with van der Waals surface area (Å²) in [7, 11) is 3.00. The number of carbonyl (C=O) groups is 1. The second-order valence-corrected chi connectivity index (χ2v) is 3.80. The normalized spacial score (nSPS) is 10.1. The number of amides is 1. The third kappa shape index (κ3) is 2.09. The van der Waals surface area contributed by atoms with E-state index in [4.69, 9.17) is 0 Å². The number of benzene rings is 1. The number of carbonyl (C=O) groups excluding carboxylic acids is 1. The molecule has 0 aromatic heterocycles. The van der Waals surface area contributed by atoms with Crippen molar-refractivity contribution in [1.29, 1.82) is 0 Å². The lowest BCUT2D eigenvalue weighted by Crippen LogP contribution is -2.22. The second-order valence-electron chi connectivity index (χ2n) is 2.95. The molecule has 1 rings (SSSR count). The van der Waals surface area contributed by atoms with Crippen molar-refractivity contribution in [3.8, 4) is 0 Å². The molecule has 0 unspecified atom stereocenters. The maximum absolute atomic E-state index is 13.1. The summed E-state index contributed by atoms with van der Waals surface area (Å²) >= 11 is 2.89. The van der Waals surface area contributed by atoms with E-state index in [-0.39, 0.29) is 10.0 Å². The van der Waals surface area contributed by atoms with Crippen LogP contribution in [0.15, 0.2) is 16.6 Å². The minimum Gasteiger partial charge on any atom is -0.345 e. The van der Waals surface area contributed by atoms with Crippen molar-refractivity contribution in [2.45, 2.75) is 0 Å². The van der Waals surface area contributed by atoms with Crippen molar-refractivity contribution in [2.24, 2.45) is 0 Å². The Kier molecular flexibility index (Phi) is 3.21. The van der Waals surface area contributed by atoms with E-state index in [9.17, 15) is 13.6 Å². The quantitative estimate of drug-likeness (QED) is 0.713. The zero-order valence-electron chi connectivity index (χ0n) is 7.64. The lowest BCUT2D eigenvalue weighted by atomic mass is 10.2. The third-order valence-corrected chi connectivity index (χ3v) is 2.25. The van der Waals surface area contributed by atoms with Crippen LogP contribution >= 0.6 is 15.9 Å². The molecule has 0 spiro atoms. The first-order valence-corrected chi connectivity index (χ1v) is 4.59. The SMILES string of the molecule is CN(C)C(=O)c1cc(Br)c(F)cc1F. The fraction of sp³-hybridized carbons (Fsp3) is 0.222. The average Bonchev–Trinajstić information content (AvgIpc) is 2.10. The van der Waals surface area contributed by atoms with Crippen LogP contribution in [0.1, 0.15) is 10.4 Å². The largest absolute Gasteiger partial charge is 0.345 e. The summed E-state index contributed by atoms with van der Waals surface area (Å²) in [5.74, 6) is -2.08. The van der Waals surface area contributed by atoms with Gasteiger partial charge in [-0.1, -0.05) is 0 Å². The summed E-state index contributed by atoms with van der Waals surface area (Å²) < 4.78 is 26.0. The van der Waals surface area contributed by atoms with E-state index in [1.54, 1.807) is 0 Å². The highest BCUT2D eigenvalue weighted by atomic mass is 79.9. The van der Waals surface area contributed by atoms with Gasteiger partial charge in [-0.05, 0) is 22.0 Å². The van der Waals surface area contributed by atoms with E-state index < -0.39 is 17.5 Å². The van der Waals surface area contributed by atoms with Gasteiger partial charge >= 0.3 is 0 Å². The molecule has 0 radical (unpaired) electrons. The summed E-state index contributed by atoms with van der Waals surface area (Å²) in [6.07, 6.45) is 0. The molecule has 0 bridgehead atoms. The van der Waals surface area contributed by atoms with Gasteiger partial charge in [0.2, 0.25) is 0 Å². The maximum Gasteiger partial charge on any atom is 0.256 e. The van der Waals surface area contributed by atoms with Crippen LogP contribution in [0.3, 0.4) is 0 Å². The molecule has 0 aliphatic rings. The van der Waals surface area contributed by atoms with Gasteiger partial charge in [0.05, 0.1) is 10.0 Å². The monoisotopic (exact) mass is 263 g/mol. The molecule has 14 heavy (non-hydrogen) atoms. The van der Waals surface area contributed by atoms with Crippen LogP contribution in [-0.4, -0.2) is 24.9 Å². The van der Waals surface area contributed by atoms with Crippen molar-refractivity contribution in [3.63, 3.8) is 0 Å². The highest BCUT2D eigenvalue weighted by Gasteiger charge is 2.16. The first kappa shape index (κ1) is 11.1. The Morgan fingerprint density at radius 3 is 2.36 bits per heavy atom. The van der Waals surface area contributed by atoms with Gasteiger partial charge in [0.1, 0.15) is 11.6 Å². The van der Waals surface area contributed by atoms with Crippen LogP contribution in [-0.2, 0) is 0 Å². The van der Waals surface area contributed by atoms with Gasteiger partial charge in [0.25, 0.3) is 5.91 Å². The standard InChI is InChI=1S/C9H8BrF2NO/c1-13(2)9(14)5-3-6(10)8(12)4-7(5)11/h3-4H,1-2H3. The van der Waals surface area contributed by atoms with Crippen LogP contribution in [0.25, 0.3) is 0 Å². The molecule has 0 fully saturated rings. The van der Waals surface area contributed by atoms with Crippen molar-refractivity contribution in [1.82, 2.24) is 4.90 Å². The molecule has 0 aliphatic carbocycles. The highest BCUT2D eigenvalue weighted by molar-refractivity contribution is 9.10. The van der Waals surface area contributed by atoms with E-state index in [0.717, 1.165) is 6.07 Å². The van der Waals surface area contributed by atoms with Crippen LogP contribution in [0.5, 0.6) is 0 Å². The molecule has 0 saturated carbocycles. The molecule has 1 aromatic rings. The fourth-order valence-corrected chi connectivity index (χ4v) is 1.27. The second kappa shape index (κ2) is 4.04. The Hall–Kier alpha value is -0.970. The first-order chi connectivity index (χ1) is 6.43. The summed E-state index contributed by atoms with van der Waals surface area (Å²) in [6, 6.07) is 1.81. The summed E-state index contributed by atoms with van der Waals surface area (Å²) in [4.78, 5) is 12.6. The first-order valence-electron chi connectivity index (χ1n) is 3.79. The van der Waals surface area contributed by atoms with Crippen molar-refractivity contribution in [2.75, 3.05) is 14.1 Å². The van der Waals surface area contributed by atoms with Gasteiger partial charge in [-0.25, -0.2) is 8.78 Å². The predicted octanol–water partition coefficient (Wildman–Crippen LogP) is 2.43. The number of nitrogens with zero attached hydrogens (tertiary/aromatic N) is 1. The molecule has 0 N–H and O–H groups in total. The van der Waals surface area contributed by atoms with Crippen molar-refractivity contribution in [3.05, 3.63) is 33.8 Å². The van der Waals surface area contributed by atoms with Crippen LogP contribution in [0.4, 0.5) is 8.78 Å². The fourth-order valence-electron chi connectivity index (χ4n) is 0.927. The van der Waals surface area contributed by atoms with Crippen LogP contribution in [0, 0.1) is 11.6 Å². The van der Waals surface area contributed by atoms with E-state index in [1.165, 1.54) is 19.0 Å². The molecule has 1 aromatic carbocycles. The molecule has 5 heteroatoms. The molecular formula is C9H8BrF2NO. The maximum atomic E-state index is 13.1. The number of halogens is 3. The Bertz CT molecular complexity index is 379. The lowest BCUT2D eigenvalue weighted by molar-refractivity contribution is 0.0823. The van der Waals surface area contributed by atoms with Crippen molar-refractivity contribution < 1.29 is 13.6 Å². The molecule has 76 valence electrons. The van der Waals surface area contributed by atoms with Gasteiger partial charge in [0.15, 0.2) is 0 Å². The Morgan fingerprint density at radius 2 is 1.86 bits per heavy atom. The third-order valence-electron chi connectivity index (χ3n) is 1.65. The summed E-state index contributed by atoms with van der Waals surface area (Å²) in [5.41, 5.74) is -0.150. The van der Waals surface area contributed by atoms with E-state index >= 15 is 0 Å². The van der Waals surface area contributed by atoms with Gasteiger partial charge < -0.3 is 4.90 Å². The topological polar surface area (TPSA) is 20.3 Å². The average molecular weight is 264 g/mol. The van der Waals surface area contributed by atoms with Crippen LogP contribution in [0.2, 0.25) is 0 Å². The predicted molar refractivity (Wildman–Crippen MR) is 52.1 cm³/mol. The van der Waals surface area contributed by atoms with Gasteiger partial charge in [0, 0.05) is 20.2 Å². The molecule has 1 amide bonds. The van der Waals surface area contributed by atoms with Gasteiger partial charge in [-0.15, -0.1) is 0 Å². The van der Waals surface area contributed by atoms with Gasteiger partial charge in [-0.3, -0.25) is 4.79 Å². The zero-order chi connectivity index (χ0) is 10.9. The smallest absolute Gasteiger partial charge is 0.256 e. The molecule has 0 saturated heterocycles. The van der Waals surface area contributed by atoms with Gasteiger partial charge in [-0.2, -0.15) is 0 Å². The minimum atomic E-state index is -0.857. The number of hydrogen-bond acceptors (Lipinski definition) is 1. The van der Waals surface area contributed by atoms with E-state index in [2.05, 4.69) is 15.9 Å². The minimum absolute atomic E-state index is 0.0732. The lowest BCUT2D eigenvalue weighted by Gasteiger charge is -2.11. The zero-order valence-corrected chi connectivity index (χ0v) is 9.23. The van der Waals surface area contributed by atoms with Crippen molar-refractivity contribution >= 4 is 21.8 Å². The van der Waals surface area contributed by atoms with Crippen LogP contribution < -0.4 is 0 Å². The highest BCUT2D eigenvalue weighted by Crippen LogP contribution is 2.20.